The van der Waals surface area contributed by atoms with Crippen LogP contribution in [-0.4, -0.2) is 25.9 Å². The summed E-state index contributed by atoms with van der Waals surface area (Å²) < 4.78 is 10.6. The summed E-state index contributed by atoms with van der Waals surface area (Å²) in [6.45, 7) is 2.05. The van der Waals surface area contributed by atoms with Crippen LogP contribution >= 0.6 is 11.8 Å². The third kappa shape index (κ3) is 4.93. The van der Waals surface area contributed by atoms with Crippen molar-refractivity contribution in [2.24, 2.45) is 0 Å². The maximum Gasteiger partial charge on any atom is 0.230 e. The number of hydrogen-bond acceptors (Lipinski definition) is 4. The average Bonchev–Trinajstić information content (AvgIpc) is 2.64. The first-order valence-electron chi connectivity index (χ1n) is 7.87. The van der Waals surface area contributed by atoms with Gasteiger partial charge in [-0.3, -0.25) is 4.79 Å². The van der Waals surface area contributed by atoms with E-state index in [1.54, 1.807) is 14.2 Å². The molecule has 0 saturated carbocycles. The van der Waals surface area contributed by atoms with Crippen molar-refractivity contribution < 1.29 is 14.3 Å². The lowest BCUT2D eigenvalue weighted by Crippen LogP contribution is -2.29. The molecule has 0 aromatic heterocycles. The van der Waals surface area contributed by atoms with E-state index in [1.807, 2.05) is 55.5 Å². The van der Waals surface area contributed by atoms with Crippen molar-refractivity contribution in [1.29, 1.82) is 0 Å². The molecule has 2 rings (SSSR count). The molecule has 0 spiro atoms. The molecular weight excluding hydrogens is 322 g/mol. The first-order chi connectivity index (χ1) is 11.7. The van der Waals surface area contributed by atoms with E-state index in [4.69, 9.17) is 9.47 Å². The zero-order valence-corrected chi connectivity index (χ0v) is 15.1. The molecule has 2 aromatic carbocycles. The van der Waals surface area contributed by atoms with Gasteiger partial charge in [-0.05, 0) is 36.2 Å². The molecule has 1 atom stereocenters. The summed E-state index contributed by atoms with van der Waals surface area (Å²) in [6.07, 6.45) is 0.803. The second-order valence-electron chi connectivity index (χ2n) is 5.24. The van der Waals surface area contributed by atoms with E-state index < -0.39 is 0 Å². The number of methoxy groups -OCH3 is 2. The van der Waals surface area contributed by atoms with Crippen LogP contribution in [0.4, 0.5) is 0 Å². The highest BCUT2D eigenvalue weighted by molar-refractivity contribution is 8.00. The standard InChI is InChI=1S/C19H23NO3S/c1-4-16(14-10-11-17(22-2)18(12-14)23-3)20-19(21)13-24-15-8-6-5-7-9-15/h5-12,16H,4,13H2,1-3H3,(H,20,21)/t16-/m0/s1. The number of carbonyl (C=O) groups is 1. The van der Waals surface area contributed by atoms with Gasteiger partial charge in [0.15, 0.2) is 11.5 Å². The molecule has 4 nitrogen and oxygen atoms in total. The smallest absolute Gasteiger partial charge is 0.230 e. The van der Waals surface area contributed by atoms with Crippen molar-refractivity contribution in [3.63, 3.8) is 0 Å². The fourth-order valence-electron chi connectivity index (χ4n) is 2.39. The monoisotopic (exact) mass is 345 g/mol. The van der Waals surface area contributed by atoms with E-state index in [9.17, 15) is 4.79 Å². The van der Waals surface area contributed by atoms with Crippen LogP contribution in [0, 0.1) is 0 Å². The molecule has 0 bridgehead atoms. The van der Waals surface area contributed by atoms with Gasteiger partial charge in [-0.25, -0.2) is 0 Å². The minimum atomic E-state index is -0.0475. The Morgan fingerprint density at radius 3 is 2.42 bits per heavy atom. The predicted octanol–water partition coefficient (Wildman–Crippen LogP) is 4.06. The number of benzene rings is 2. The lowest BCUT2D eigenvalue weighted by atomic mass is 10.0. The molecule has 0 aliphatic rings. The van der Waals surface area contributed by atoms with Crippen LogP contribution in [0.3, 0.4) is 0 Å². The molecule has 0 radical (unpaired) electrons. The quantitative estimate of drug-likeness (QED) is 0.733. The molecule has 0 aliphatic heterocycles. The van der Waals surface area contributed by atoms with Gasteiger partial charge >= 0.3 is 0 Å². The van der Waals surface area contributed by atoms with E-state index in [0.717, 1.165) is 16.9 Å². The van der Waals surface area contributed by atoms with Crippen LogP contribution in [0.1, 0.15) is 24.9 Å². The number of rotatable bonds is 8. The molecule has 0 saturated heterocycles. The number of thioether (sulfide) groups is 1. The molecule has 2 aromatic rings. The third-order valence-electron chi connectivity index (χ3n) is 3.67. The Bertz CT molecular complexity index is 661. The van der Waals surface area contributed by atoms with Gasteiger partial charge in [0, 0.05) is 4.90 Å². The van der Waals surface area contributed by atoms with Crippen LogP contribution in [0.2, 0.25) is 0 Å². The number of carbonyl (C=O) groups excluding carboxylic acids is 1. The maximum absolute atomic E-state index is 12.2. The van der Waals surface area contributed by atoms with Crippen LogP contribution in [-0.2, 0) is 4.79 Å². The molecule has 1 amide bonds. The minimum Gasteiger partial charge on any atom is -0.493 e. The topological polar surface area (TPSA) is 47.6 Å². The van der Waals surface area contributed by atoms with Crippen molar-refractivity contribution in [1.82, 2.24) is 5.32 Å². The first-order valence-corrected chi connectivity index (χ1v) is 8.85. The van der Waals surface area contributed by atoms with Crippen molar-refractivity contribution >= 4 is 17.7 Å². The van der Waals surface area contributed by atoms with Crippen LogP contribution in [0.5, 0.6) is 11.5 Å². The molecule has 0 fully saturated rings. The third-order valence-corrected chi connectivity index (χ3v) is 4.68. The Morgan fingerprint density at radius 2 is 1.79 bits per heavy atom. The minimum absolute atomic E-state index is 0.0190. The summed E-state index contributed by atoms with van der Waals surface area (Å²) in [5.41, 5.74) is 1.01. The molecule has 0 unspecified atom stereocenters. The van der Waals surface area contributed by atoms with E-state index in [-0.39, 0.29) is 11.9 Å². The van der Waals surface area contributed by atoms with Crippen molar-refractivity contribution in [3.8, 4) is 11.5 Å². The SMILES string of the molecule is CC[C@H](NC(=O)CSc1ccccc1)c1ccc(OC)c(OC)c1. The summed E-state index contributed by atoms with van der Waals surface area (Å²) in [5, 5.41) is 3.09. The molecule has 1 N–H and O–H groups in total. The fourth-order valence-corrected chi connectivity index (χ4v) is 3.12. The highest BCUT2D eigenvalue weighted by Crippen LogP contribution is 2.31. The number of ether oxygens (including phenoxy) is 2. The second-order valence-corrected chi connectivity index (χ2v) is 6.29. The molecule has 5 heteroatoms. The predicted molar refractivity (Wildman–Crippen MR) is 97.9 cm³/mol. The lowest BCUT2D eigenvalue weighted by molar-refractivity contribution is -0.119. The maximum atomic E-state index is 12.2. The number of amides is 1. The fraction of sp³-hybridized carbons (Fsp3) is 0.316. The zero-order chi connectivity index (χ0) is 17.4. The van der Waals surface area contributed by atoms with Crippen LogP contribution < -0.4 is 14.8 Å². The summed E-state index contributed by atoms with van der Waals surface area (Å²) in [4.78, 5) is 13.3. The van der Waals surface area contributed by atoms with Gasteiger partial charge in [0.25, 0.3) is 0 Å². The van der Waals surface area contributed by atoms with Crippen LogP contribution in [0.25, 0.3) is 0 Å². The molecule has 24 heavy (non-hydrogen) atoms. The van der Waals surface area contributed by atoms with Crippen LogP contribution in [0.15, 0.2) is 53.4 Å². The second kappa shape index (κ2) is 9.23. The van der Waals surface area contributed by atoms with E-state index >= 15 is 0 Å². The highest BCUT2D eigenvalue weighted by atomic mass is 32.2. The Morgan fingerprint density at radius 1 is 1.08 bits per heavy atom. The Hall–Kier alpha value is -2.14. The number of hydrogen-bond donors (Lipinski definition) is 1. The van der Waals surface area contributed by atoms with Gasteiger partial charge in [-0.15, -0.1) is 11.8 Å². The summed E-state index contributed by atoms with van der Waals surface area (Å²) >= 11 is 1.53. The Labute approximate surface area is 147 Å². The number of nitrogens with one attached hydrogen (secondary N) is 1. The molecular formula is C19H23NO3S. The van der Waals surface area contributed by atoms with E-state index in [1.165, 1.54) is 11.8 Å². The van der Waals surface area contributed by atoms with E-state index in [2.05, 4.69) is 5.32 Å². The van der Waals surface area contributed by atoms with Crippen molar-refractivity contribution in [2.45, 2.75) is 24.3 Å². The van der Waals surface area contributed by atoms with Gasteiger partial charge in [0.2, 0.25) is 5.91 Å². The molecule has 0 aliphatic carbocycles. The largest absolute Gasteiger partial charge is 0.493 e. The van der Waals surface area contributed by atoms with E-state index in [0.29, 0.717) is 17.3 Å². The Balaban J connectivity index is 1.99. The Kier molecular flexibility index (Phi) is 7.00. The summed E-state index contributed by atoms with van der Waals surface area (Å²) in [6, 6.07) is 15.6. The zero-order valence-electron chi connectivity index (χ0n) is 14.2. The van der Waals surface area contributed by atoms with Gasteiger partial charge in [-0.1, -0.05) is 31.2 Å². The van der Waals surface area contributed by atoms with Gasteiger partial charge < -0.3 is 14.8 Å². The summed E-state index contributed by atoms with van der Waals surface area (Å²) in [5.74, 6) is 1.77. The van der Waals surface area contributed by atoms with Gasteiger partial charge in [0.05, 0.1) is 26.0 Å². The molecule has 0 heterocycles. The molecule has 128 valence electrons. The lowest BCUT2D eigenvalue weighted by Gasteiger charge is -2.19. The summed E-state index contributed by atoms with van der Waals surface area (Å²) in [7, 11) is 3.22. The van der Waals surface area contributed by atoms with Gasteiger partial charge in [0.1, 0.15) is 0 Å². The first kappa shape index (κ1) is 18.2. The van der Waals surface area contributed by atoms with Crippen molar-refractivity contribution in [3.05, 3.63) is 54.1 Å². The van der Waals surface area contributed by atoms with Gasteiger partial charge in [-0.2, -0.15) is 0 Å². The average molecular weight is 345 g/mol. The normalized spacial score (nSPS) is 11.6. The van der Waals surface area contributed by atoms with Crippen molar-refractivity contribution in [2.75, 3.05) is 20.0 Å². The highest BCUT2D eigenvalue weighted by Gasteiger charge is 2.15.